The second-order valence-corrected chi connectivity index (χ2v) is 5.08. The highest BCUT2D eigenvalue weighted by atomic mass is 19.1. The third-order valence-electron chi connectivity index (χ3n) is 3.50. The Balaban J connectivity index is 3.04. The van der Waals surface area contributed by atoms with Crippen LogP contribution in [0.25, 0.3) is 0 Å². The number of hydrogen-bond acceptors (Lipinski definition) is 3. The molecule has 1 aromatic carbocycles. The molecule has 1 unspecified atom stereocenters. The second-order valence-electron chi connectivity index (χ2n) is 5.08. The number of nitrogens with two attached hydrogens (primary N) is 1. The van der Waals surface area contributed by atoms with Crippen molar-refractivity contribution in [2.24, 2.45) is 11.7 Å². The molecule has 0 spiro atoms. The molecule has 3 N–H and O–H groups in total. The number of methoxy groups -OCH3 is 1. The molecule has 19 heavy (non-hydrogen) atoms. The molecule has 0 saturated carbocycles. The highest BCUT2D eigenvalue weighted by Gasteiger charge is 2.29. The van der Waals surface area contributed by atoms with Gasteiger partial charge in [-0.25, -0.2) is 4.39 Å². The van der Waals surface area contributed by atoms with Crippen LogP contribution in [0.2, 0.25) is 0 Å². The van der Waals surface area contributed by atoms with Crippen LogP contribution in [0.3, 0.4) is 0 Å². The number of carbonyl (C=O) groups is 1. The predicted octanol–water partition coefficient (Wildman–Crippen LogP) is 1.94. The summed E-state index contributed by atoms with van der Waals surface area (Å²) in [5, 5.41) is 2.85. The first-order valence-electron chi connectivity index (χ1n) is 6.20. The van der Waals surface area contributed by atoms with Crippen molar-refractivity contribution in [1.29, 1.82) is 0 Å². The second kappa shape index (κ2) is 6.02. The fraction of sp³-hybridized carbons (Fsp3) is 0.500. The van der Waals surface area contributed by atoms with Gasteiger partial charge in [0.05, 0.1) is 18.2 Å². The molecular formula is C14H21FN2O2. The molecule has 5 heteroatoms. The minimum Gasteiger partial charge on any atom is -0.496 e. The van der Waals surface area contributed by atoms with Crippen LogP contribution in [-0.2, 0) is 0 Å². The molecule has 0 fully saturated rings. The first-order chi connectivity index (χ1) is 8.84. The Hall–Kier alpha value is -1.62. The van der Waals surface area contributed by atoms with Gasteiger partial charge in [-0.3, -0.25) is 4.79 Å². The molecule has 0 aliphatic carbocycles. The van der Waals surface area contributed by atoms with Gasteiger partial charge in [-0.2, -0.15) is 0 Å². The summed E-state index contributed by atoms with van der Waals surface area (Å²) < 4.78 is 18.3. The molecule has 0 bridgehead atoms. The zero-order valence-corrected chi connectivity index (χ0v) is 11.8. The summed E-state index contributed by atoms with van der Waals surface area (Å²) >= 11 is 0. The Labute approximate surface area is 113 Å². The van der Waals surface area contributed by atoms with E-state index in [0.29, 0.717) is 12.3 Å². The average Bonchev–Trinajstić information content (AvgIpc) is 2.38. The van der Waals surface area contributed by atoms with Crippen LogP contribution in [-0.4, -0.2) is 25.1 Å². The smallest absolute Gasteiger partial charge is 0.255 e. The minimum absolute atomic E-state index is 0.154. The van der Waals surface area contributed by atoms with Gasteiger partial charge in [-0.15, -0.1) is 0 Å². The normalized spacial score (nSPS) is 14.1. The van der Waals surface area contributed by atoms with Gasteiger partial charge >= 0.3 is 0 Å². The van der Waals surface area contributed by atoms with Crippen molar-refractivity contribution in [3.63, 3.8) is 0 Å². The van der Waals surface area contributed by atoms with Crippen molar-refractivity contribution in [1.82, 2.24) is 5.32 Å². The SMILES string of the molecule is COc1ccc(F)cc1C(=O)NC(C)(CN)C(C)C. The van der Waals surface area contributed by atoms with E-state index in [-0.39, 0.29) is 11.5 Å². The van der Waals surface area contributed by atoms with E-state index in [9.17, 15) is 9.18 Å². The van der Waals surface area contributed by atoms with Gasteiger partial charge in [0.2, 0.25) is 0 Å². The third kappa shape index (κ3) is 3.44. The zero-order valence-electron chi connectivity index (χ0n) is 11.8. The molecule has 1 aromatic rings. The summed E-state index contributed by atoms with van der Waals surface area (Å²) in [7, 11) is 1.44. The topological polar surface area (TPSA) is 64.3 Å². The summed E-state index contributed by atoms with van der Waals surface area (Å²) in [5.41, 5.74) is 5.34. The molecule has 1 amide bonds. The number of amides is 1. The van der Waals surface area contributed by atoms with Crippen LogP contribution in [0.4, 0.5) is 4.39 Å². The van der Waals surface area contributed by atoms with E-state index in [1.54, 1.807) is 0 Å². The monoisotopic (exact) mass is 268 g/mol. The number of carbonyl (C=O) groups excluding carboxylic acids is 1. The molecular weight excluding hydrogens is 247 g/mol. The van der Waals surface area contributed by atoms with Gasteiger partial charge in [0, 0.05) is 6.54 Å². The van der Waals surface area contributed by atoms with E-state index >= 15 is 0 Å². The van der Waals surface area contributed by atoms with Gasteiger partial charge in [-0.1, -0.05) is 13.8 Å². The molecule has 0 aliphatic heterocycles. The minimum atomic E-state index is -0.547. The van der Waals surface area contributed by atoms with Crippen molar-refractivity contribution < 1.29 is 13.9 Å². The van der Waals surface area contributed by atoms with E-state index in [1.807, 2.05) is 20.8 Å². The molecule has 0 aromatic heterocycles. The Kier molecular flexibility index (Phi) is 4.89. The Bertz CT molecular complexity index is 463. The Morgan fingerprint density at radius 3 is 2.63 bits per heavy atom. The van der Waals surface area contributed by atoms with E-state index in [2.05, 4.69) is 5.32 Å². The van der Waals surface area contributed by atoms with Crippen molar-refractivity contribution in [3.8, 4) is 5.75 Å². The highest BCUT2D eigenvalue weighted by molar-refractivity contribution is 5.97. The summed E-state index contributed by atoms with van der Waals surface area (Å²) in [6.45, 7) is 6.10. The molecule has 0 saturated heterocycles. The first-order valence-corrected chi connectivity index (χ1v) is 6.20. The molecule has 1 rings (SSSR count). The van der Waals surface area contributed by atoms with Crippen LogP contribution in [0, 0.1) is 11.7 Å². The third-order valence-corrected chi connectivity index (χ3v) is 3.50. The first kappa shape index (κ1) is 15.4. The lowest BCUT2D eigenvalue weighted by Gasteiger charge is -2.33. The van der Waals surface area contributed by atoms with E-state index in [0.717, 1.165) is 6.07 Å². The lowest BCUT2D eigenvalue weighted by molar-refractivity contribution is 0.0879. The fourth-order valence-corrected chi connectivity index (χ4v) is 1.62. The van der Waals surface area contributed by atoms with Gasteiger partial charge < -0.3 is 15.8 Å². The standard InChI is InChI=1S/C14H21FN2O2/c1-9(2)14(3,8-16)17-13(18)11-7-10(15)5-6-12(11)19-4/h5-7,9H,8,16H2,1-4H3,(H,17,18). The lowest BCUT2D eigenvalue weighted by Crippen LogP contribution is -2.55. The molecule has 0 radical (unpaired) electrons. The quantitative estimate of drug-likeness (QED) is 0.857. The maximum Gasteiger partial charge on any atom is 0.255 e. The number of ether oxygens (including phenoxy) is 1. The lowest BCUT2D eigenvalue weighted by atomic mass is 9.88. The Morgan fingerprint density at radius 1 is 1.53 bits per heavy atom. The van der Waals surface area contributed by atoms with Gasteiger partial charge in [-0.05, 0) is 31.0 Å². The molecule has 0 heterocycles. The zero-order chi connectivity index (χ0) is 14.6. The largest absolute Gasteiger partial charge is 0.496 e. The maximum absolute atomic E-state index is 13.3. The fourth-order valence-electron chi connectivity index (χ4n) is 1.62. The summed E-state index contributed by atoms with van der Waals surface area (Å²) in [6.07, 6.45) is 0. The van der Waals surface area contributed by atoms with Gasteiger partial charge in [0.1, 0.15) is 11.6 Å². The van der Waals surface area contributed by atoms with Crippen molar-refractivity contribution >= 4 is 5.91 Å². The molecule has 4 nitrogen and oxygen atoms in total. The molecule has 1 atom stereocenters. The number of nitrogens with one attached hydrogen (secondary N) is 1. The van der Waals surface area contributed by atoms with E-state index in [4.69, 9.17) is 10.5 Å². The number of rotatable bonds is 5. The predicted molar refractivity (Wildman–Crippen MR) is 72.7 cm³/mol. The van der Waals surface area contributed by atoms with Crippen molar-refractivity contribution in [2.45, 2.75) is 26.3 Å². The van der Waals surface area contributed by atoms with E-state index < -0.39 is 17.3 Å². The van der Waals surface area contributed by atoms with Crippen molar-refractivity contribution in [3.05, 3.63) is 29.6 Å². The van der Waals surface area contributed by atoms with Crippen LogP contribution in [0.15, 0.2) is 18.2 Å². The van der Waals surface area contributed by atoms with Crippen molar-refractivity contribution in [2.75, 3.05) is 13.7 Å². The maximum atomic E-state index is 13.3. The van der Waals surface area contributed by atoms with Crippen LogP contribution in [0.1, 0.15) is 31.1 Å². The molecule has 106 valence electrons. The summed E-state index contributed by atoms with van der Waals surface area (Å²) in [5.74, 6) is -0.383. The summed E-state index contributed by atoms with van der Waals surface area (Å²) in [4.78, 5) is 12.2. The van der Waals surface area contributed by atoms with Crippen LogP contribution in [0.5, 0.6) is 5.75 Å². The van der Waals surface area contributed by atoms with Crippen LogP contribution < -0.4 is 15.8 Å². The number of halogens is 1. The van der Waals surface area contributed by atoms with Gasteiger partial charge in [0.15, 0.2) is 0 Å². The van der Waals surface area contributed by atoms with Gasteiger partial charge in [0.25, 0.3) is 5.91 Å². The summed E-state index contributed by atoms with van der Waals surface area (Å²) in [6, 6.07) is 3.84. The molecule has 0 aliphatic rings. The van der Waals surface area contributed by atoms with E-state index in [1.165, 1.54) is 19.2 Å². The van der Waals surface area contributed by atoms with Crippen LogP contribution >= 0.6 is 0 Å². The number of hydrogen-bond donors (Lipinski definition) is 2. The number of benzene rings is 1. The highest BCUT2D eigenvalue weighted by Crippen LogP contribution is 2.22. The average molecular weight is 268 g/mol. The Morgan fingerprint density at radius 2 is 2.16 bits per heavy atom.